The minimum atomic E-state index is -0.490. The van der Waals surface area contributed by atoms with E-state index in [2.05, 4.69) is 13.8 Å². The molecule has 1 amide bonds. The zero-order chi connectivity index (χ0) is 18.4. The highest BCUT2D eigenvalue weighted by atomic mass is 16.6. The first-order valence-corrected chi connectivity index (χ1v) is 8.14. The fraction of sp³-hybridized carbons (Fsp3) is 0.300. The first-order valence-electron chi connectivity index (χ1n) is 8.14. The molecule has 0 aliphatic heterocycles. The number of hydrogen-bond acceptors (Lipinski definition) is 4. The molecule has 0 spiro atoms. The number of amides is 1. The topological polar surface area (TPSA) is 78.6 Å². The Kier molecular flexibility index (Phi) is 6.17. The summed E-state index contributed by atoms with van der Waals surface area (Å²) < 4.78 is 10.6. The highest BCUT2D eigenvalue weighted by molar-refractivity contribution is 5.92. The maximum atomic E-state index is 11.8. The lowest BCUT2D eigenvalue weighted by Crippen LogP contribution is -2.15. The highest BCUT2D eigenvalue weighted by Crippen LogP contribution is 2.23. The van der Waals surface area contributed by atoms with Gasteiger partial charge in [-0.2, -0.15) is 0 Å². The number of rotatable bonds is 7. The van der Waals surface area contributed by atoms with Crippen LogP contribution in [0.3, 0.4) is 0 Å². The Morgan fingerprint density at radius 1 is 1.08 bits per heavy atom. The number of esters is 1. The van der Waals surface area contributed by atoms with Gasteiger partial charge in [0.25, 0.3) is 0 Å². The third kappa shape index (κ3) is 5.35. The lowest BCUT2D eigenvalue weighted by molar-refractivity contribution is -0.147. The molecule has 5 heteroatoms. The number of ether oxygens (including phenoxy) is 2. The lowest BCUT2D eigenvalue weighted by atomic mass is 9.98. The lowest BCUT2D eigenvalue weighted by Gasteiger charge is -2.12. The number of carbonyl (C=O) groups excluding carboxylic acids is 2. The largest absolute Gasteiger partial charge is 0.482 e. The van der Waals surface area contributed by atoms with Crippen LogP contribution in [0.1, 0.15) is 46.8 Å². The molecule has 0 aromatic heterocycles. The van der Waals surface area contributed by atoms with E-state index in [-0.39, 0.29) is 13.2 Å². The standard InChI is InChI=1S/C20H23NO4/c1-13(2)18-9-8-17(10-14(18)3)24-12-19(22)25-11-15-4-6-16(7-5-15)20(21)23/h4-10,13H,11-12H2,1-3H3,(H2,21,23). The van der Waals surface area contributed by atoms with Gasteiger partial charge in [0.15, 0.2) is 6.61 Å². The number of aryl methyl sites for hydroxylation is 1. The predicted molar refractivity (Wildman–Crippen MR) is 95.5 cm³/mol. The Labute approximate surface area is 147 Å². The van der Waals surface area contributed by atoms with E-state index in [0.717, 1.165) is 11.1 Å². The van der Waals surface area contributed by atoms with Gasteiger partial charge >= 0.3 is 5.97 Å². The van der Waals surface area contributed by atoms with E-state index in [0.29, 0.717) is 17.2 Å². The van der Waals surface area contributed by atoms with Gasteiger partial charge in [-0.25, -0.2) is 4.79 Å². The summed E-state index contributed by atoms with van der Waals surface area (Å²) in [7, 11) is 0. The molecule has 0 radical (unpaired) electrons. The molecule has 0 unspecified atom stereocenters. The van der Waals surface area contributed by atoms with Crippen LogP contribution in [0.5, 0.6) is 5.75 Å². The van der Waals surface area contributed by atoms with Crippen molar-refractivity contribution in [1.82, 2.24) is 0 Å². The van der Waals surface area contributed by atoms with Gasteiger partial charge in [-0.05, 0) is 53.8 Å². The molecule has 0 saturated heterocycles. The van der Waals surface area contributed by atoms with Crippen LogP contribution in [-0.2, 0) is 16.1 Å². The second kappa shape index (κ2) is 8.33. The SMILES string of the molecule is Cc1cc(OCC(=O)OCc2ccc(C(N)=O)cc2)ccc1C(C)C. The molecule has 2 N–H and O–H groups in total. The fourth-order valence-corrected chi connectivity index (χ4v) is 2.50. The zero-order valence-corrected chi connectivity index (χ0v) is 14.7. The molecule has 5 nitrogen and oxygen atoms in total. The second-order valence-corrected chi connectivity index (χ2v) is 6.18. The van der Waals surface area contributed by atoms with Crippen molar-refractivity contribution >= 4 is 11.9 Å². The molecule has 0 saturated carbocycles. The summed E-state index contributed by atoms with van der Waals surface area (Å²) in [6, 6.07) is 12.4. The molecule has 0 aliphatic carbocycles. The van der Waals surface area contributed by atoms with Gasteiger partial charge in [0.2, 0.25) is 5.91 Å². The van der Waals surface area contributed by atoms with Gasteiger partial charge in [-0.3, -0.25) is 4.79 Å². The van der Waals surface area contributed by atoms with E-state index in [4.69, 9.17) is 15.2 Å². The molecular formula is C20H23NO4. The molecule has 0 fully saturated rings. The van der Waals surface area contributed by atoms with Crippen LogP contribution in [0.2, 0.25) is 0 Å². The smallest absolute Gasteiger partial charge is 0.344 e. The number of benzene rings is 2. The van der Waals surface area contributed by atoms with Gasteiger partial charge in [0, 0.05) is 5.56 Å². The first kappa shape index (κ1) is 18.5. The first-order chi connectivity index (χ1) is 11.9. The Bertz CT molecular complexity index is 751. The van der Waals surface area contributed by atoms with E-state index >= 15 is 0 Å². The molecular weight excluding hydrogens is 318 g/mol. The molecule has 0 aliphatic rings. The summed E-state index contributed by atoms with van der Waals surface area (Å²) >= 11 is 0. The number of primary amides is 1. The van der Waals surface area contributed by atoms with E-state index in [1.54, 1.807) is 24.3 Å². The van der Waals surface area contributed by atoms with E-state index in [1.165, 1.54) is 5.56 Å². The monoisotopic (exact) mass is 341 g/mol. The van der Waals surface area contributed by atoms with Gasteiger partial charge < -0.3 is 15.2 Å². The van der Waals surface area contributed by atoms with Gasteiger partial charge in [-0.1, -0.05) is 32.0 Å². The highest BCUT2D eigenvalue weighted by Gasteiger charge is 2.08. The Hall–Kier alpha value is -2.82. The van der Waals surface area contributed by atoms with Gasteiger partial charge in [-0.15, -0.1) is 0 Å². The molecule has 0 bridgehead atoms. The van der Waals surface area contributed by atoms with Crippen LogP contribution in [0.25, 0.3) is 0 Å². The number of carbonyl (C=O) groups is 2. The number of nitrogens with two attached hydrogens (primary N) is 1. The quantitative estimate of drug-likeness (QED) is 0.784. The summed E-state index contributed by atoms with van der Waals surface area (Å²) in [6.45, 7) is 6.26. The molecule has 2 rings (SSSR count). The van der Waals surface area contributed by atoms with Crippen molar-refractivity contribution in [2.24, 2.45) is 5.73 Å². The molecule has 0 heterocycles. The molecule has 0 atom stereocenters. The molecule has 2 aromatic rings. The van der Waals surface area contributed by atoms with E-state index in [9.17, 15) is 9.59 Å². The summed E-state index contributed by atoms with van der Waals surface area (Å²) in [5.41, 5.74) is 8.76. The van der Waals surface area contributed by atoms with E-state index in [1.807, 2.05) is 25.1 Å². The van der Waals surface area contributed by atoms with Crippen molar-refractivity contribution in [1.29, 1.82) is 0 Å². The van der Waals surface area contributed by atoms with Crippen LogP contribution in [0, 0.1) is 6.92 Å². The van der Waals surface area contributed by atoms with Crippen LogP contribution >= 0.6 is 0 Å². The molecule has 2 aromatic carbocycles. The van der Waals surface area contributed by atoms with Gasteiger partial charge in [0.05, 0.1) is 0 Å². The third-order valence-corrected chi connectivity index (χ3v) is 3.86. The maximum Gasteiger partial charge on any atom is 0.344 e. The van der Waals surface area contributed by atoms with Crippen LogP contribution in [-0.4, -0.2) is 18.5 Å². The fourth-order valence-electron chi connectivity index (χ4n) is 2.50. The van der Waals surface area contributed by atoms with E-state index < -0.39 is 11.9 Å². The van der Waals surface area contributed by atoms with Crippen LogP contribution in [0.4, 0.5) is 0 Å². The zero-order valence-electron chi connectivity index (χ0n) is 14.7. The van der Waals surface area contributed by atoms with Crippen molar-refractivity contribution in [2.75, 3.05) is 6.61 Å². The van der Waals surface area contributed by atoms with Crippen molar-refractivity contribution in [3.05, 3.63) is 64.7 Å². The summed E-state index contributed by atoms with van der Waals surface area (Å²) in [4.78, 5) is 22.8. The Balaban J connectivity index is 1.82. The summed E-state index contributed by atoms with van der Waals surface area (Å²) in [5, 5.41) is 0. The molecule has 25 heavy (non-hydrogen) atoms. The summed E-state index contributed by atoms with van der Waals surface area (Å²) in [6.07, 6.45) is 0. The minimum absolute atomic E-state index is 0.118. The average Bonchev–Trinajstić information content (AvgIpc) is 2.58. The van der Waals surface area contributed by atoms with Crippen molar-refractivity contribution in [3.63, 3.8) is 0 Å². The Morgan fingerprint density at radius 3 is 2.32 bits per heavy atom. The van der Waals surface area contributed by atoms with Crippen LogP contribution < -0.4 is 10.5 Å². The Morgan fingerprint density at radius 2 is 1.76 bits per heavy atom. The normalized spacial score (nSPS) is 10.6. The predicted octanol–water partition coefficient (Wildman–Crippen LogP) is 3.34. The third-order valence-electron chi connectivity index (χ3n) is 3.86. The minimum Gasteiger partial charge on any atom is -0.482 e. The average molecular weight is 341 g/mol. The number of hydrogen-bond donors (Lipinski definition) is 1. The van der Waals surface area contributed by atoms with Crippen molar-refractivity contribution in [3.8, 4) is 5.75 Å². The van der Waals surface area contributed by atoms with Crippen molar-refractivity contribution in [2.45, 2.75) is 33.3 Å². The molecule has 132 valence electrons. The van der Waals surface area contributed by atoms with Crippen molar-refractivity contribution < 1.29 is 19.1 Å². The second-order valence-electron chi connectivity index (χ2n) is 6.18. The van der Waals surface area contributed by atoms with Gasteiger partial charge in [0.1, 0.15) is 12.4 Å². The summed E-state index contributed by atoms with van der Waals surface area (Å²) in [5.74, 6) is 0.143. The van der Waals surface area contributed by atoms with Crippen LogP contribution in [0.15, 0.2) is 42.5 Å². The maximum absolute atomic E-state index is 11.8.